The van der Waals surface area contributed by atoms with E-state index < -0.39 is 6.10 Å². The van der Waals surface area contributed by atoms with Crippen molar-refractivity contribution in [3.8, 4) is 0 Å². The Morgan fingerprint density at radius 2 is 1.94 bits per heavy atom. The highest BCUT2D eigenvalue weighted by molar-refractivity contribution is 5.32. The van der Waals surface area contributed by atoms with Crippen LogP contribution in [-0.2, 0) is 4.74 Å². The molecule has 0 aliphatic carbocycles. The third-order valence-corrected chi connectivity index (χ3v) is 2.89. The van der Waals surface area contributed by atoms with Gasteiger partial charge in [0.05, 0.1) is 6.10 Å². The molecule has 1 rings (SSSR count). The van der Waals surface area contributed by atoms with E-state index in [1.807, 2.05) is 39.8 Å². The fourth-order valence-corrected chi connectivity index (χ4v) is 1.93. The van der Waals surface area contributed by atoms with E-state index in [9.17, 15) is 5.11 Å². The maximum Gasteiger partial charge on any atom is 0.105 e. The lowest BCUT2D eigenvalue weighted by Gasteiger charge is -2.23. The van der Waals surface area contributed by atoms with Gasteiger partial charge in [-0.05, 0) is 38.3 Å². The molecule has 2 heteroatoms. The maximum atomic E-state index is 10.3. The van der Waals surface area contributed by atoms with Crippen LogP contribution in [0.3, 0.4) is 0 Å². The second-order valence-electron chi connectivity index (χ2n) is 4.21. The van der Waals surface area contributed by atoms with Gasteiger partial charge in [-0.2, -0.15) is 0 Å². The van der Waals surface area contributed by atoms with Gasteiger partial charge in [-0.25, -0.2) is 0 Å². The Hall–Kier alpha value is -0.860. The predicted octanol–water partition coefficient (Wildman–Crippen LogP) is 3.15. The molecule has 1 aromatic carbocycles. The Morgan fingerprint density at radius 3 is 2.50 bits per heavy atom. The van der Waals surface area contributed by atoms with Crippen molar-refractivity contribution in [1.82, 2.24) is 0 Å². The molecule has 0 spiro atoms. The SMILES string of the molecule is CCOC(CC)C(O)c1cc(C)ccc1C. The van der Waals surface area contributed by atoms with Crippen LogP contribution in [0, 0.1) is 13.8 Å². The van der Waals surface area contributed by atoms with Crippen molar-refractivity contribution in [2.24, 2.45) is 0 Å². The van der Waals surface area contributed by atoms with Gasteiger partial charge in [-0.1, -0.05) is 30.7 Å². The fourth-order valence-electron chi connectivity index (χ4n) is 1.93. The zero-order valence-corrected chi connectivity index (χ0v) is 10.7. The molecule has 1 aromatic rings. The van der Waals surface area contributed by atoms with Crippen molar-refractivity contribution < 1.29 is 9.84 Å². The molecule has 0 saturated carbocycles. The van der Waals surface area contributed by atoms with Crippen molar-refractivity contribution >= 4 is 0 Å². The van der Waals surface area contributed by atoms with Crippen molar-refractivity contribution in [3.63, 3.8) is 0 Å². The number of aliphatic hydroxyl groups excluding tert-OH is 1. The molecule has 0 fully saturated rings. The summed E-state index contributed by atoms with van der Waals surface area (Å²) in [6.07, 6.45) is 0.193. The maximum absolute atomic E-state index is 10.3. The van der Waals surface area contributed by atoms with E-state index >= 15 is 0 Å². The van der Waals surface area contributed by atoms with Crippen LogP contribution in [0.4, 0.5) is 0 Å². The molecule has 2 unspecified atom stereocenters. The summed E-state index contributed by atoms with van der Waals surface area (Å²) in [7, 11) is 0. The number of hydrogen-bond donors (Lipinski definition) is 1. The predicted molar refractivity (Wildman–Crippen MR) is 66.6 cm³/mol. The number of aliphatic hydroxyl groups is 1. The first-order chi connectivity index (χ1) is 7.60. The van der Waals surface area contributed by atoms with Crippen LogP contribution in [-0.4, -0.2) is 17.8 Å². The molecule has 0 heterocycles. The van der Waals surface area contributed by atoms with Gasteiger partial charge in [-0.3, -0.25) is 0 Å². The van der Waals surface area contributed by atoms with Gasteiger partial charge in [0.2, 0.25) is 0 Å². The lowest BCUT2D eigenvalue weighted by molar-refractivity contribution is -0.0358. The van der Waals surface area contributed by atoms with Gasteiger partial charge in [0.1, 0.15) is 6.10 Å². The molecule has 0 bridgehead atoms. The van der Waals surface area contributed by atoms with Crippen molar-refractivity contribution in [2.45, 2.75) is 46.3 Å². The molecule has 0 saturated heterocycles. The molecule has 0 aromatic heterocycles. The van der Waals surface area contributed by atoms with Crippen LogP contribution in [0.5, 0.6) is 0 Å². The van der Waals surface area contributed by atoms with Crippen LogP contribution in [0.25, 0.3) is 0 Å². The van der Waals surface area contributed by atoms with Crippen LogP contribution in [0.1, 0.15) is 43.1 Å². The van der Waals surface area contributed by atoms with E-state index in [0.717, 1.165) is 17.5 Å². The highest BCUT2D eigenvalue weighted by Crippen LogP contribution is 2.25. The minimum absolute atomic E-state index is 0.106. The summed E-state index contributed by atoms with van der Waals surface area (Å²) in [5, 5.41) is 10.3. The molecule has 0 aliphatic heterocycles. The van der Waals surface area contributed by atoms with Gasteiger partial charge in [0.15, 0.2) is 0 Å². The first-order valence-electron chi connectivity index (χ1n) is 5.97. The second-order valence-corrected chi connectivity index (χ2v) is 4.21. The first-order valence-corrected chi connectivity index (χ1v) is 5.97. The van der Waals surface area contributed by atoms with Crippen molar-refractivity contribution in [2.75, 3.05) is 6.61 Å². The molecular formula is C14H22O2. The van der Waals surface area contributed by atoms with Gasteiger partial charge in [-0.15, -0.1) is 0 Å². The van der Waals surface area contributed by atoms with Crippen LogP contribution in [0.15, 0.2) is 18.2 Å². The second kappa shape index (κ2) is 6.02. The van der Waals surface area contributed by atoms with E-state index in [0.29, 0.717) is 6.61 Å². The smallest absolute Gasteiger partial charge is 0.105 e. The molecule has 0 amide bonds. The zero-order chi connectivity index (χ0) is 12.1. The van der Waals surface area contributed by atoms with E-state index in [4.69, 9.17) is 4.74 Å². The summed E-state index contributed by atoms with van der Waals surface area (Å²) >= 11 is 0. The topological polar surface area (TPSA) is 29.5 Å². The Labute approximate surface area is 98.3 Å². The van der Waals surface area contributed by atoms with Crippen molar-refractivity contribution in [3.05, 3.63) is 34.9 Å². The largest absolute Gasteiger partial charge is 0.386 e. The van der Waals surface area contributed by atoms with Gasteiger partial charge in [0.25, 0.3) is 0 Å². The molecule has 0 aliphatic rings. The molecule has 2 nitrogen and oxygen atoms in total. The van der Waals surface area contributed by atoms with Crippen LogP contribution < -0.4 is 0 Å². The zero-order valence-electron chi connectivity index (χ0n) is 10.7. The van der Waals surface area contributed by atoms with E-state index in [1.165, 1.54) is 5.56 Å². The summed E-state index contributed by atoms with van der Waals surface area (Å²) in [5.41, 5.74) is 3.28. The summed E-state index contributed by atoms with van der Waals surface area (Å²) in [5.74, 6) is 0. The lowest BCUT2D eigenvalue weighted by Crippen LogP contribution is -2.22. The van der Waals surface area contributed by atoms with Gasteiger partial charge in [0, 0.05) is 6.61 Å². The quantitative estimate of drug-likeness (QED) is 0.829. The summed E-state index contributed by atoms with van der Waals surface area (Å²) < 4.78 is 5.55. The van der Waals surface area contributed by atoms with E-state index in [2.05, 4.69) is 6.07 Å². The third kappa shape index (κ3) is 3.06. The number of aryl methyl sites for hydroxylation is 2. The standard InChI is InChI=1S/C14H22O2/c1-5-13(16-6-2)14(15)12-9-10(3)7-8-11(12)4/h7-9,13-15H,5-6H2,1-4H3. The number of benzene rings is 1. The summed E-state index contributed by atoms with van der Waals surface area (Å²) in [6, 6.07) is 6.15. The normalized spacial score (nSPS) is 14.8. The van der Waals surface area contributed by atoms with Crippen molar-refractivity contribution in [1.29, 1.82) is 0 Å². The minimum Gasteiger partial charge on any atom is -0.386 e. The number of rotatable bonds is 5. The first kappa shape index (κ1) is 13.2. The number of hydrogen-bond acceptors (Lipinski definition) is 2. The molecular weight excluding hydrogens is 200 g/mol. The molecule has 90 valence electrons. The highest BCUT2D eigenvalue weighted by atomic mass is 16.5. The summed E-state index contributed by atoms with van der Waals surface area (Å²) in [4.78, 5) is 0. The molecule has 1 N–H and O–H groups in total. The summed E-state index contributed by atoms with van der Waals surface area (Å²) in [6.45, 7) is 8.70. The molecule has 0 radical (unpaired) electrons. The Bertz CT molecular complexity index is 334. The minimum atomic E-state index is -0.523. The average Bonchev–Trinajstić information content (AvgIpc) is 2.28. The molecule has 2 atom stereocenters. The molecule has 16 heavy (non-hydrogen) atoms. The van der Waals surface area contributed by atoms with Gasteiger partial charge >= 0.3 is 0 Å². The highest BCUT2D eigenvalue weighted by Gasteiger charge is 2.20. The Morgan fingerprint density at radius 1 is 1.25 bits per heavy atom. The van der Waals surface area contributed by atoms with Gasteiger partial charge < -0.3 is 9.84 Å². The number of ether oxygens (including phenoxy) is 1. The Kier molecular flexibility index (Phi) is 4.97. The monoisotopic (exact) mass is 222 g/mol. The third-order valence-electron chi connectivity index (χ3n) is 2.89. The van der Waals surface area contributed by atoms with Crippen LogP contribution in [0.2, 0.25) is 0 Å². The average molecular weight is 222 g/mol. The Balaban J connectivity index is 2.93. The van der Waals surface area contributed by atoms with E-state index in [1.54, 1.807) is 0 Å². The van der Waals surface area contributed by atoms with Crippen LogP contribution >= 0.6 is 0 Å². The lowest BCUT2D eigenvalue weighted by atomic mass is 9.96. The fraction of sp³-hybridized carbons (Fsp3) is 0.571. The van der Waals surface area contributed by atoms with E-state index in [-0.39, 0.29) is 6.10 Å².